The smallest absolute Gasteiger partial charge is 0.310 e. The molecule has 3 unspecified atom stereocenters. The summed E-state index contributed by atoms with van der Waals surface area (Å²) in [5.74, 6) is -1.55. The van der Waals surface area contributed by atoms with Crippen molar-refractivity contribution < 1.29 is 20.1 Å². The number of aliphatic hydroxyl groups excluding tert-OH is 2. The first kappa shape index (κ1) is 20.9. The zero-order valence-corrected chi connectivity index (χ0v) is 15.2. The third kappa shape index (κ3) is 7.18. The van der Waals surface area contributed by atoms with Crippen LogP contribution in [-0.2, 0) is 4.79 Å². The zero-order chi connectivity index (χ0) is 17.9. The van der Waals surface area contributed by atoms with E-state index < -0.39 is 24.1 Å². The Morgan fingerprint density at radius 2 is 2.00 bits per heavy atom. The van der Waals surface area contributed by atoms with E-state index in [0.29, 0.717) is 0 Å². The maximum Gasteiger partial charge on any atom is 0.310 e. The SMILES string of the molecule is CCCCC[C@H](O)C=CC(CC)C(O)CC(C(=O)O)C1=CCCC1. The summed E-state index contributed by atoms with van der Waals surface area (Å²) in [6.07, 6.45) is 12.2. The standard InChI is InChI=1S/C20H34O4/c1-3-5-6-11-17(21)13-12-15(4-2)19(22)14-18(20(23)24)16-9-7-8-10-16/h9,12-13,15,17-19,21-22H,3-8,10-11,14H2,1-2H3,(H,23,24)/t15?,17-,18?,19?/m0/s1. The van der Waals surface area contributed by atoms with Crippen molar-refractivity contribution in [1.82, 2.24) is 0 Å². The molecule has 0 heterocycles. The van der Waals surface area contributed by atoms with Crippen molar-refractivity contribution in [2.45, 2.75) is 83.8 Å². The van der Waals surface area contributed by atoms with Crippen molar-refractivity contribution in [2.24, 2.45) is 11.8 Å². The summed E-state index contributed by atoms with van der Waals surface area (Å²) in [4.78, 5) is 11.5. The van der Waals surface area contributed by atoms with Gasteiger partial charge in [-0.2, -0.15) is 0 Å². The van der Waals surface area contributed by atoms with Gasteiger partial charge in [0.15, 0.2) is 0 Å². The van der Waals surface area contributed by atoms with Gasteiger partial charge in [0.1, 0.15) is 0 Å². The van der Waals surface area contributed by atoms with E-state index in [-0.39, 0.29) is 12.3 Å². The molecule has 0 saturated carbocycles. The van der Waals surface area contributed by atoms with Crippen LogP contribution in [0.25, 0.3) is 0 Å². The predicted octanol–water partition coefficient (Wildman–Crippen LogP) is 4.07. The Labute approximate surface area is 146 Å². The molecule has 1 rings (SSSR count). The lowest BCUT2D eigenvalue weighted by molar-refractivity contribution is -0.141. The number of carbonyl (C=O) groups is 1. The van der Waals surface area contributed by atoms with Crippen molar-refractivity contribution in [3.8, 4) is 0 Å². The minimum absolute atomic E-state index is 0.116. The maximum atomic E-state index is 11.5. The fraction of sp³-hybridized carbons (Fsp3) is 0.750. The molecule has 0 aromatic heterocycles. The molecular weight excluding hydrogens is 304 g/mol. The number of hydrogen-bond donors (Lipinski definition) is 3. The molecule has 0 amide bonds. The number of aliphatic hydroxyl groups is 2. The average molecular weight is 338 g/mol. The minimum Gasteiger partial charge on any atom is -0.481 e. The first-order valence-electron chi connectivity index (χ1n) is 9.45. The van der Waals surface area contributed by atoms with Crippen molar-refractivity contribution in [1.29, 1.82) is 0 Å². The van der Waals surface area contributed by atoms with Gasteiger partial charge in [0.2, 0.25) is 0 Å². The number of aliphatic carboxylic acids is 1. The molecule has 0 radical (unpaired) electrons. The van der Waals surface area contributed by atoms with E-state index >= 15 is 0 Å². The number of allylic oxidation sites excluding steroid dienone is 1. The number of hydrogen-bond acceptors (Lipinski definition) is 3. The molecule has 0 fully saturated rings. The van der Waals surface area contributed by atoms with Crippen LogP contribution in [0.15, 0.2) is 23.8 Å². The molecule has 3 N–H and O–H groups in total. The lowest BCUT2D eigenvalue weighted by Gasteiger charge is -2.23. The molecule has 138 valence electrons. The fourth-order valence-corrected chi connectivity index (χ4v) is 3.35. The van der Waals surface area contributed by atoms with Crippen molar-refractivity contribution in [2.75, 3.05) is 0 Å². The summed E-state index contributed by atoms with van der Waals surface area (Å²) in [5, 5.41) is 29.9. The van der Waals surface area contributed by atoms with E-state index in [0.717, 1.165) is 56.9 Å². The summed E-state index contributed by atoms with van der Waals surface area (Å²) in [5.41, 5.74) is 0.958. The van der Waals surface area contributed by atoms with E-state index in [1.807, 2.05) is 19.1 Å². The van der Waals surface area contributed by atoms with Crippen LogP contribution in [0.1, 0.15) is 71.6 Å². The van der Waals surface area contributed by atoms with E-state index in [1.54, 1.807) is 6.08 Å². The molecule has 1 aliphatic rings. The largest absolute Gasteiger partial charge is 0.481 e. The van der Waals surface area contributed by atoms with Gasteiger partial charge < -0.3 is 15.3 Å². The Balaban J connectivity index is 2.57. The zero-order valence-electron chi connectivity index (χ0n) is 15.2. The number of carboxylic acid groups (broad SMARTS) is 1. The van der Waals surface area contributed by atoms with Crippen LogP contribution < -0.4 is 0 Å². The second-order valence-electron chi connectivity index (χ2n) is 6.89. The van der Waals surface area contributed by atoms with Crippen LogP contribution in [0.4, 0.5) is 0 Å². The lowest BCUT2D eigenvalue weighted by atomic mass is 9.86. The molecule has 0 aromatic carbocycles. The van der Waals surface area contributed by atoms with Crippen LogP contribution >= 0.6 is 0 Å². The van der Waals surface area contributed by atoms with E-state index in [4.69, 9.17) is 0 Å². The molecule has 0 saturated heterocycles. The summed E-state index contributed by atoms with van der Waals surface area (Å²) in [7, 11) is 0. The molecule has 4 nitrogen and oxygen atoms in total. The number of unbranched alkanes of at least 4 members (excludes halogenated alkanes) is 2. The van der Waals surface area contributed by atoms with Crippen LogP contribution in [0.5, 0.6) is 0 Å². The van der Waals surface area contributed by atoms with Gasteiger partial charge in [0.05, 0.1) is 18.1 Å². The highest BCUT2D eigenvalue weighted by atomic mass is 16.4. The van der Waals surface area contributed by atoms with Gasteiger partial charge in [0, 0.05) is 5.92 Å². The van der Waals surface area contributed by atoms with Crippen molar-refractivity contribution in [3.05, 3.63) is 23.8 Å². The van der Waals surface area contributed by atoms with Crippen molar-refractivity contribution in [3.63, 3.8) is 0 Å². The van der Waals surface area contributed by atoms with Crippen LogP contribution in [0, 0.1) is 11.8 Å². The third-order valence-electron chi connectivity index (χ3n) is 4.95. The highest BCUT2D eigenvalue weighted by Crippen LogP contribution is 2.30. The quantitative estimate of drug-likeness (QED) is 0.370. The second kappa shape index (κ2) is 11.4. The maximum absolute atomic E-state index is 11.5. The molecule has 0 bridgehead atoms. The second-order valence-corrected chi connectivity index (χ2v) is 6.89. The number of rotatable bonds is 12. The van der Waals surface area contributed by atoms with Gasteiger partial charge in [0.25, 0.3) is 0 Å². The Bertz CT molecular complexity index is 427. The first-order chi connectivity index (χ1) is 11.5. The number of carboxylic acids is 1. The first-order valence-corrected chi connectivity index (χ1v) is 9.45. The lowest BCUT2D eigenvalue weighted by Crippen LogP contribution is -2.27. The van der Waals surface area contributed by atoms with Gasteiger partial charge in [-0.25, -0.2) is 0 Å². The Kier molecular flexibility index (Phi) is 9.96. The normalized spacial score (nSPS) is 19.9. The van der Waals surface area contributed by atoms with Gasteiger partial charge >= 0.3 is 5.97 Å². The molecule has 0 spiro atoms. The minimum atomic E-state index is -0.847. The van der Waals surface area contributed by atoms with Gasteiger partial charge in [-0.3, -0.25) is 4.79 Å². The molecular formula is C20H34O4. The highest BCUT2D eigenvalue weighted by Gasteiger charge is 2.28. The molecule has 0 aromatic rings. The molecule has 24 heavy (non-hydrogen) atoms. The van der Waals surface area contributed by atoms with Gasteiger partial charge in [-0.05, 0) is 38.5 Å². The molecule has 0 aliphatic heterocycles. The van der Waals surface area contributed by atoms with Crippen LogP contribution in [0.3, 0.4) is 0 Å². The monoisotopic (exact) mass is 338 g/mol. The Morgan fingerprint density at radius 1 is 1.25 bits per heavy atom. The van der Waals surface area contributed by atoms with E-state index in [1.165, 1.54) is 0 Å². The summed E-state index contributed by atoms with van der Waals surface area (Å²) in [6, 6.07) is 0. The van der Waals surface area contributed by atoms with E-state index in [2.05, 4.69) is 6.92 Å². The summed E-state index contributed by atoms with van der Waals surface area (Å²) < 4.78 is 0. The molecule has 1 aliphatic carbocycles. The van der Waals surface area contributed by atoms with Crippen LogP contribution in [0.2, 0.25) is 0 Å². The Hall–Kier alpha value is -1.13. The Morgan fingerprint density at radius 3 is 2.54 bits per heavy atom. The van der Waals surface area contributed by atoms with Crippen molar-refractivity contribution >= 4 is 5.97 Å². The predicted molar refractivity (Wildman–Crippen MR) is 96.8 cm³/mol. The topological polar surface area (TPSA) is 77.8 Å². The third-order valence-corrected chi connectivity index (χ3v) is 4.95. The van der Waals surface area contributed by atoms with Gasteiger partial charge in [-0.15, -0.1) is 0 Å². The average Bonchev–Trinajstić information content (AvgIpc) is 3.07. The highest BCUT2D eigenvalue weighted by molar-refractivity contribution is 5.73. The van der Waals surface area contributed by atoms with Crippen LogP contribution in [-0.4, -0.2) is 33.5 Å². The summed E-state index contributed by atoms with van der Waals surface area (Å²) >= 11 is 0. The fourth-order valence-electron chi connectivity index (χ4n) is 3.35. The van der Waals surface area contributed by atoms with Gasteiger partial charge in [-0.1, -0.05) is 56.9 Å². The van der Waals surface area contributed by atoms with E-state index in [9.17, 15) is 20.1 Å². The summed E-state index contributed by atoms with van der Waals surface area (Å²) in [6.45, 7) is 4.11. The molecule has 4 atom stereocenters. The molecule has 4 heteroatoms.